The van der Waals surface area contributed by atoms with Crippen LogP contribution in [0.4, 0.5) is 0 Å². The predicted octanol–water partition coefficient (Wildman–Crippen LogP) is 2.67. The van der Waals surface area contributed by atoms with Crippen LogP contribution in [0.1, 0.15) is 32.3 Å². The molecule has 5 nitrogen and oxygen atoms in total. The fraction of sp³-hybridized carbons (Fsp3) is 0.600. The van der Waals surface area contributed by atoms with Crippen molar-refractivity contribution < 1.29 is 22.8 Å². The lowest BCUT2D eigenvalue weighted by Gasteiger charge is -2.07. The van der Waals surface area contributed by atoms with Gasteiger partial charge < -0.3 is 9.84 Å². The van der Waals surface area contributed by atoms with Crippen LogP contribution in [0, 0.1) is 12.8 Å². The van der Waals surface area contributed by atoms with Gasteiger partial charge in [0.2, 0.25) is 0 Å². The lowest BCUT2D eigenvalue weighted by atomic mass is 10.2. The van der Waals surface area contributed by atoms with E-state index < -0.39 is 10.1 Å². The molecule has 0 aliphatic carbocycles. The molecular weight excluding hydrogens is 292 g/mol. The molecule has 0 amide bonds. The number of aliphatic hydroxyl groups excluding tert-OH is 1. The summed E-state index contributed by atoms with van der Waals surface area (Å²) < 4.78 is 34.8. The summed E-state index contributed by atoms with van der Waals surface area (Å²) in [7, 11) is -4.02. The van der Waals surface area contributed by atoms with E-state index in [1.807, 2.05) is 13.8 Å². The molecule has 122 valence electrons. The van der Waals surface area contributed by atoms with Gasteiger partial charge in [-0.1, -0.05) is 38.0 Å². The first-order chi connectivity index (χ1) is 9.81. The zero-order valence-electron chi connectivity index (χ0n) is 12.9. The van der Waals surface area contributed by atoms with Gasteiger partial charge in [-0.05, 0) is 25.5 Å². The Bertz CT molecular complexity index is 467. The lowest BCUT2D eigenvalue weighted by Crippen LogP contribution is -2.10. The van der Waals surface area contributed by atoms with Gasteiger partial charge in [-0.25, -0.2) is 0 Å². The Labute approximate surface area is 127 Å². The van der Waals surface area contributed by atoms with E-state index in [0.29, 0.717) is 6.61 Å². The Morgan fingerprint density at radius 2 is 1.81 bits per heavy atom. The highest BCUT2D eigenvalue weighted by atomic mass is 32.2. The first-order valence-corrected chi connectivity index (χ1v) is 8.48. The molecule has 1 aromatic rings. The van der Waals surface area contributed by atoms with E-state index in [-0.39, 0.29) is 17.4 Å². The Kier molecular flexibility index (Phi) is 10.2. The second-order valence-corrected chi connectivity index (χ2v) is 6.43. The zero-order chi connectivity index (χ0) is 16.3. The van der Waals surface area contributed by atoms with Gasteiger partial charge in [0.25, 0.3) is 10.1 Å². The zero-order valence-corrected chi connectivity index (χ0v) is 13.8. The molecule has 0 bridgehead atoms. The summed E-state index contributed by atoms with van der Waals surface area (Å²) in [5.74, 6) is 0.289. The fourth-order valence-corrected chi connectivity index (χ4v) is 1.77. The number of unbranched alkanes of at least 4 members (excludes halogenated alkanes) is 1. The normalized spacial score (nSPS) is 12.4. The van der Waals surface area contributed by atoms with Crippen molar-refractivity contribution in [2.75, 3.05) is 19.8 Å². The van der Waals surface area contributed by atoms with Crippen molar-refractivity contribution in [3.63, 3.8) is 0 Å². The maximum atomic E-state index is 10.5. The molecule has 0 heterocycles. The van der Waals surface area contributed by atoms with Crippen LogP contribution in [-0.4, -0.2) is 37.9 Å². The van der Waals surface area contributed by atoms with Crippen molar-refractivity contribution in [2.24, 2.45) is 5.92 Å². The average molecular weight is 318 g/mol. The van der Waals surface area contributed by atoms with Gasteiger partial charge in [0.05, 0.1) is 11.5 Å². The van der Waals surface area contributed by atoms with Gasteiger partial charge in [-0.15, -0.1) is 0 Å². The summed E-state index contributed by atoms with van der Waals surface area (Å²) in [6.07, 6.45) is 2.30. The van der Waals surface area contributed by atoms with Crippen LogP contribution in [-0.2, 0) is 14.9 Å². The van der Waals surface area contributed by atoms with Crippen LogP contribution in [0.2, 0.25) is 0 Å². The van der Waals surface area contributed by atoms with Crippen molar-refractivity contribution in [3.8, 4) is 0 Å². The lowest BCUT2D eigenvalue weighted by molar-refractivity contribution is 0.0783. The molecule has 0 fully saturated rings. The van der Waals surface area contributed by atoms with Crippen LogP contribution in [0.25, 0.3) is 0 Å². The monoisotopic (exact) mass is 318 g/mol. The van der Waals surface area contributed by atoms with E-state index in [2.05, 4.69) is 6.92 Å². The molecule has 0 aliphatic heterocycles. The van der Waals surface area contributed by atoms with E-state index in [1.54, 1.807) is 12.1 Å². The van der Waals surface area contributed by atoms with Crippen LogP contribution in [0.15, 0.2) is 29.2 Å². The average Bonchev–Trinajstić information content (AvgIpc) is 2.43. The highest BCUT2D eigenvalue weighted by molar-refractivity contribution is 7.85. The first-order valence-electron chi connectivity index (χ1n) is 7.04. The van der Waals surface area contributed by atoms with Gasteiger partial charge in [-0.3, -0.25) is 4.55 Å². The van der Waals surface area contributed by atoms with Gasteiger partial charge >= 0.3 is 0 Å². The standard InChI is InChI=1S/C8H18O2.C7H8O3S/c1-3-4-5-10-7-8(2)6-9;1-6-2-4-7(5-3-6)11(8,9)10/h8-9H,3-7H2,1-2H3;2-5H,1H3,(H,8,9,10)/t8-;/m0./s1. The molecule has 0 aromatic heterocycles. The SMILES string of the molecule is CCCCOC[C@@H](C)CO.Cc1ccc(S(=O)(=O)O)cc1. The van der Waals surface area contributed by atoms with Gasteiger partial charge in [-0.2, -0.15) is 8.42 Å². The molecule has 0 radical (unpaired) electrons. The molecule has 2 N–H and O–H groups in total. The summed E-state index contributed by atoms with van der Waals surface area (Å²) in [5, 5.41) is 8.61. The summed E-state index contributed by atoms with van der Waals surface area (Å²) in [6.45, 7) is 7.71. The van der Waals surface area contributed by atoms with Crippen molar-refractivity contribution in [1.82, 2.24) is 0 Å². The van der Waals surface area contributed by atoms with E-state index in [0.717, 1.165) is 18.6 Å². The molecule has 1 rings (SSSR count). The maximum absolute atomic E-state index is 10.5. The van der Waals surface area contributed by atoms with Crippen molar-refractivity contribution in [3.05, 3.63) is 29.8 Å². The second kappa shape index (κ2) is 10.7. The van der Waals surface area contributed by atoms with Gasteiger partial charge in [0.15, 0.2) is 0 Å². The quantitative estimate of drug-likeness (QED) is 0.596. The highest BCUT2D eigenvalue weighted by Gasteiger charge is 2.06. The third-order valence-electron chi connectivity index (χ3n) is 2.68. The number of hydrogen-bond acceptors (Lipinski definition) is 4. The summed E-state index contributed by atoms with van der Waals surface area (Å²) in [4.78, 5) is -0.0666. The summed E-state index contributed by atoms with van der Waals surface area (Å²) in [5.41, 5.74) is 0.956. The Balaban J connectivity index is 0.000000384. The topological polar surface area (TPSA) is 83.8 Å². The summed E-state index contributed by atoms with van der Waals surface area (Å²) >= 11 is 0. The first kappa shape index (κ1) is 20.1. The van der Waals surface area contributed by atoms with Crippen molar-refractivity contribution in [2.45, 2.75) is 38.5 Å². The third-order valence-corrected chi connectivity index (χ3v) is 3.54. The molecular formula is C15H26O5S. The molecule has 0 unspecified atom stereocenters. The molecule has 1 aromatic carbocycles. The Morgan fingerprint density at radius 1 is 1.24 bits per heavy atom. The molecule has 21 heavy (non-hydrogen) atoms. The molecule has 0 spiro atoms. The minimum Gasteiger partial charge on any atom is -0.396 e. The molecule has 6 heteroatoms. The van der Waals surface area contributed by atoms with E-state index in [1.165, 1.54) is 18.6 Å². The van der Waals surface area contributed by atoms with Gasteiger partial charge in [0, 0.05) is 19.1 Å². The van der Waals surface area contributed by atoms with Crippen LogP contribution < -0.4 is 0 Å². The fourth-order valence-electron chi connectivity index (χ4n) is 1.29. The van der Waals surface area contributed by atoms with E-state index in [4.69, 9.17) is 14.4 Å². The van der Waals surface area contributed by atoms with E-state index in [9.17, 15) is 8.42 Å². The predicted molar refractivity (Wildman–Crippen MR) is 83.0 cm³/mol. The Hall–Kier alpha value is -0.950. The Morgan fingerprint density at radius 3 is 2.24 bits per heavy atom. The summed E-state index contributed by atoms with van der Waals surface area (Å²) in [6, 6.07) is 5.99. The van der Waals surface area contributed by atoms with E-state index >= 15 is 0 Å². The molecule has 0 saturated heterocycles. The smallest absolute Gasteiger partial charge is 0.294 e. The molecule has 1 atom stereocenters. The van der Waals surface area contributed by atoms with Crippen molar-refractivity contribution in [1.29, 1.82) is 0 Å². The number of aliphatic hydroxyl groups is 1. The largest absolute Gasteiger partial charge is 0.396 e. The van der Waals surface area contributed by atoms with Crippen LogP contribution >= 0.6 is 0 Å². The second-order valence-electron chi connectivity index (χ2n) is 5.00. The molecule has 0 saturated carbocycles. The van der Waals surface area contributed by atoms with Crippen LogP contribution in [0.5, 0.6) is 0 Å². The van der Waals surface area contributed by atoms with Crippen LogP contribution in [0.3, 0.4) is 0 Å². The maximum Gasteiger partial charge on any atom is 0.294 e. The number of ether oxygens (including phenoxy) is 1. The number of aryl methyl sites for hydroxylation is 1. The number of benzene rings is 1. The number of hydrogen-bond donors (Lipinski definition) is 2. The van der Waals surface area contributed by atoms with Gasteiger partial charge in [0.1, 0.15) is 0 Å². The highest BCUT2D eigenvalue weighted by Crippen LogP contribution is 2.08. The molecule has 0 aliphatic rings. The third kappa shape index (κ3) is 10.4. The van der Waals surface area contributed by atoms with Crippen molar-refractivity contribution >= 4 is 10.1 Å². The minimum absolute atomic E-state index is 0.0666. The number of rotatable bonds is 7. The minimum atomic E-state index is -4.02.